The molecule has 0 bridgehead atoms. The first kappa shape index (κ1) is 15.8. The zero-order valence-corrected chi connectivity index (χ0v) is 11.8. The molecule has 0 aliphatic heterocycles. The number of carbonyl (C=O) groups excluding carboxylic acids is 1. The number of methoxy groups -OCH3 is 1. The minimum atomic E-state index is -0.862. The van der Waals surface area contributed by atoms with Gasteiger partial charge in [-0.25, -0.2) is 18.7 Å². The highest BCUT2D eigenvalue weighted by atomic mass is 19.1. The van der Waals surface area contributed by atoms with Gasteiger partial charge in [0, 0.05) is 19.7 Å². The molecule has 2 rings (SSSR count). The van der Waals surface area contributed by atoms with Gasteiger partial charge in [-0.05, 0) is 12.1 Å². The number of hydrogen-bond donors (Lipinski definition) is 2. The van der Waals surface area contributed by atoms with Crippen molar-refractivity contribution in [3.05, 3.63) is 47.9 Å². The molecule has 0 atom stereocenters. The van der Waals surface area contributed by atoms with Gasteiger partial charge in [0.05, 0.1) is 24.7 Å². The summed E-state index contributed by atoms with van der Waals surface area (Å²) < 4.78 is 31.1. The van der Waals surface area contributed by atoms with Crippen molar-refractivity contribution in [3.8, 4) is 0 Å². The smallest absolute Gasteiger partial charge is 0.275 e. The molecule has 1 heterocycles. The van der Waals surface area contributed by atoms with Crippen molar-refractivity contribution in [2.75, 3.05) is 30.9 Å². The van der Waals surface area contributed by atoms with Crippen LogP contribution in [-0.2, 0) is 4.74 Å². The second-order valence-electron chi connectivity index (χ2n) is 4.28. The van der Waals surface area contributed by atoms with E-state index < -0.39 is 17.5 Å². The second-order valence-corrected chi connectivity index (χ2v) is 4.28. The van der Waals surface area contributed by atoms with Crippen LogP contribution >= 0.6 is 0 Å². The van der Waals surface area contributed by atoms with Crippen LogP contribution in [0.2, 0.25) is 0 Å². The van der Waals surface area contributed by atoms with Crippen LogP contribution < -0.4 is 10.6 Å². The largest absolute Gasteiger partial charge is 0.383 e. The molecular weight excluding hydrogens is 294 g/mol. The van der Waals surface area contributed by atoms with E-state index in [-0.39, 0.29) is 11.4 Å². The van der Waals surface area contributed by atoms with Gasteiger partial charge in [-0.2, -0.15) is 0 Å². The summed E-state index contributed by atoms with van der Waals surface area (Å²) in [5.74, 6) is -1.73. The predicted molar refractivity (Wildman–Crippen MR) is 76.7 cm³/mol. The van der Waals surface area contributed by atoms with E-state index in [1.807, 2.05) is 0 Å². The first-order chi connectivity index (χ1) is 10.6. The summed E-state index contributed by atoms with van der Waals surface area (Å²) in [5, 5.41) is 5.25. The topological polar surface area (TPSA) is 76.1 Å². The Morgan fingerprint density at radius 2 is 2.09 bits per heavy atom. The van der Waals surface area contributed by atoms with Crippen LogP contribution in [-0.4, -0.2) is 36.1 Å². The third kappa shape index (κ3) is 4.19. The molecule has 0 fully saturated rings. The van der Waals surface area contributed by atoms with Crippen LogP contribution in [0.1, 0.15) is 10.5 Å². The molecule has 0 saturated heterocycles. The van der Waals surface area contributed by atoms with Gasteiger partial charge in [-0.3, -0.25) is 4.79 Å². The lowest BCUT2D eigenvalue weighted by Crippen LogP contribution is -2.16. The number of benzene rings is 1. The number of ether oxygens (including phenoxy) is 1. The Bertz CT molecular complexity index is 650. The fraction of sp³-hybridized carbons (Fsp3) is 0.214. The number of aromatic nitrogens is 2. The summed E-state index contributed by atoms with van der Waals surface area (Å²) in [4.78, 5) is 19.8. The van der Waals surface area contributed by atoms with E-state index in [4.69, 9.17) is 4.74 Å². The lowest BCUT2D eigenvalue weighted by molar-refractivity contribution is 0.102. The fourth-order valence-electron chi connectivity index (χ4n) is 1.59. The minimum absolute atomic E-state index is 0.0148. The molecule has 1 aromatic heterocycles. The lowest BCUT2D eigenvalue weighted by atomic mass is 10.3. The molecule has 6 nitrogen and oxygen atoms in total. The zero-order chi connectivity index (χ0) is 15.9. The number of nitrogens with one attached hydrogen (secondary N) is 2. The van der Waals surface area contributed by atoms with E-state index in [0.717, 1.165) is 12.1 Å². The average Bonchev–Trinajstić information content (AvgIpc) is 2.51. The summed E-state index contributed by atoms with van der Waals surface area (Å²) >= 11 is 0. The lowest BCUT2D eigenvalue weighted by Gasteiger charge is -2.07. The molecule has 0 unspecified atom stereocenters. The molecule has 0 saturated carbocycles. The van der Waals surface area contributed by atoms with E-state index in [1.165, 1.54) is 12.4 Å². The molecule has 0 aliphatic rings. The highest BCUT2D eigenvalue weighted by molar-refractivity contribution is 6.02. The van der Waals surface area contributed by atoms with Crippen LogP contribution in [0.25, 0.3) is 0 Å². The Labute approximate surface area is 125 Å². The van der Waals surface area contributed by atoms with E-state index >= 15 is 0 Å². The Morgan fingerprint density at radius 1 is 1.27 bits per heavy atom. The minimum Gasteiger partial charge on any atom is -0.383 e. The number of anilines is 2. The molecular formula is C14H14F2N4O2. The van der Waals surface area contributed by atoms with E-state index in [0.29, 0.717) is 25.0 Å². The standard InChI is InChI=1S/C14H14F2N4O2/c1-22-5-4-17-13-8-18-12(7-19-13)14(21)20-11-3-2-9(15)6-10(11)16/h2-3,6-8H,4-5H2,1H3,(H,17,19)(H,20,21). The van der Waals surface area contributed by atoms with Crippen molar-refractivity contribution in [2.45, 2.75) is 0 Å². The highest BCUT2D eigenvalue weighted by Crippen LogP contribution is 2.15. The van der Waals surface area contributed by atoms with Crippen molar-refractivity contribution >= 4 is 17.4 Å². The third-order valence-electron chi connectivity index (χ3n) is 2.68. The van der Waals surface area contributed by atoms with Crippen LogP contribution in [0, 0.1) is 11.6 Å². The normalized spacial score (nSPS) is 10.3. The van der Waals surface area contributed by atoms with Gasteiger partial charge in [-0.15, -0.1) is 0 Å². The first-order valence-electron chi connectivity index (χ1n) is 6.41. The van der Waals surface area contributed by atoms with E-state index in [9.17, 15) is 13.6 Å². The maximum atomic E-state index is 13.5. The van der Waals surface area contributed by atoms with Crippen molar-refractivity contribution in [1.82, 2.24) is 9.97 Å². The molecule has 1 aromatic carbocycles. The Balaban J connectivity index is 2.00. The quantitative estimate of drug-likeness (QED) is 0.799. The number of carbonyl (C=O) groups is 1. The molecule has 0 aliphatic carbocycles. The summed E-state index contributed by atoms with van der Waals surface area (Å²) in [7, 11) is 1.58. The Morgan fingerprint density at radius 3 is 2.73 bits per heavy atom. The summed E-state index contributed by atoms with van der Waals surface area (Å²) in [5.41, 5.74) is -0.114. The summed E-state index contributed by atoms with van der Waals surface area (Å²) in [6.45, 7) is 1.06. The molecule has 0 spiro atoms. The highest BCUT2D eigenvalue weighted by Gasteiger charge is 2.11. The molecule has 8 heteroatoms. The molecule has 2 N–H and O–H groups in total. The van der Waals surface area contributed by atoms with E-state index in [1.54, 1.807) is 7.11 Å². The second kappa shape index (κ2) is 7.41. The fourth-order valence-corrected chi connectivity index (χ4v) is 1.59. The van der Waals surface area contributed by atoms with Crippen LogP contribution in [0.15, 0.2) is 30.6 Å². The number of hydrogen-bond acceptors (Lipinski definition) is 5. The van der Waals surface area contributed by atoms with Gasteiger partial charge in [0.15, 0.2) is 0 Å². The SMILES string of the molecule is COCCNc1cnc(C(=O)Nc2ccc(F)cc2F)cn1. The summed E-state index contributed by atoms with van der Waals surface area (Å²) in [6, 6.07) is 2.87. The molecule has 22 heavy (non-hydrogen) atoms. The maximum Gasteiger partial charge on any atom is 0.275 e. The van der Waals surface area contributed by atoms with Crippen LogP contribution in [0.3, 0.4) is 0 Å². The third-order valence-corrected chi connectivity index (χ3v) is 2.68. The van der Waals surface area contributed by atoms with Crippen molar-refractivity contribution in [1.29, 1.82) is 0 Å². The van der Waals surface area contributed by atoms with Crippen molar-refractivity contribution in [3.63, 3.8) is 0 Å². The number of rotatable bonds is 6. The van der Waals surface area contributed by atoms with Crippen LogP contribution in [0.5, 0.6) is 0 Å². The van der Waals surface area contributed by atoms with Gasteiger partial charge in [0.1, 0.15) is 23.1 Å². The average molecular weight is 308 g/mol. The molecule has 2 aromatic rings. The van der Waals surface area contributed by atoms with Crippen LogP contribution in [0.4, 0.5) is 20.3 Å². The van der Waals surface area contributed by atoms with Crippen molar-refractivity contribution in [2.24, 2.45) is 0 Å². The van der Waals surface area contributed by atoms with Gasteiger partial charge >= 0.3 is 0 Å². The Kier molecular flexibility index (Phi) is 5.31. The monoisotopic (exact) mass is 308 g/mol. The number of amides is 1. The maximum absolute atomic E-state index is 13.5. The first-order valence-corrected chi connectivity index (χ1v) is 6.41. The zero-order valence-electron chi connectivity index (χ0n) is 11.8. The number of nitrogens with zero attached hydrogens (tertiary/aromatic N) is 2. The number of halogens is 2. The molecule has 1 amide bonds. The van der Waals surface area contributed by atoms with E-state index in [2.05, 4.69) is 20.6 Å². The van der Waals surface area contributed by atoms with Gasteiger partial charge in [0.2, 0.25) is 0 Å². The predicted octanol–water partition coefficient (Wildman–Crippen LogP) is 2.07. The van der Waals surface area contributed by atoms with Gasteiger partial charge < -0.3 is 15.4 Å². The van der Waals surface area contributed by atoms with Crippen molar-refractivity contribution < 1.29 is 18.3 Å². The molecule has 0 radical (unpaired) electrons. The summed E-state index contributed by atoms with van der Waals surface area (Å²) in [6.07, 6.45) is 2.64. The van der Waals surface area contributed by atoms with Gasteiger partial charge in [-0.1, -0.05) is 0 Å². The molecule has 116 valence electrons. The van der Waals surface area contributed by atoms with Gasteiger partial charge in [0.25, 0.3) is 5.91 Å². The Hall–Kier alpha value is -2.61.